The minimum atomic E-state index is 0.133. The van der Waals surface area contributed by atoms with Gasteiger partial charge in [0.05, 0.1) is 28.1 Å². The highest BCUT2D eigenvalue weighted by atomic mass is 16.5. The lowest BCUT2D eigenvalue weighted by Crippen LogP contribution is -2.15. The summed E-state index contributed by atoms with van der Waals surface area (Å²) in [5.41, 5.74) is 12.0. The van der Waals surface area contributed by atoms with Gasteiger partial charge in [-0.2, -0.15) is 0 Å². The van der Waals surface area contributed by atoms with Crippen LogP contribution in [0, 0.1) is 5.41 Å². The Bertz CT molecular complexity index is 3330. The number of nitrogens with zero attached hydrogens (tertiary/aromatic N) is 3. The van der Waals surface area contributed by atoms with E-state index < -0.39 is 0 Å². The molecule has 1 aliphatic heterocycles. The molecule has 0 saturated carbocycles. The molecule has 11 rings (SSSR count). The molecular formula is C56H38N4O. The van der Waals surface area contributed by atoms with Crippen molar-refractivity contribution in [3.63, 3.8) is 0 Å². The van der Waals surface area contributed by atoms with Gasteiger partial charge in [0.1, 0.15) is 0 Å². The third kappa shape index (κ3) is 6.55. The van der Waals surface area contributed by atoms with E-state index in [1.54, 1.807) is 0 Å². The van der Waals surface area contributed by atoms with E-state index in [0.717, 1.165) is 83.4 Å². The summed E-state index contributed by atoms with van der Waals surface area (Å²) in [7, 11) is 0. The summed E-state index contributed by atoms with van der Waals surface area (Å²) in [6.07, 6.45) is 4.08. The van der Waals surface area contributed by atoms with Crippen LogP contribution in [0.1, 0.15) is 11.1 Å². The Morgan fingerprint density at radius 1 is 0.492 bits per heavy atom. The Morgan fingerprint density at radius 3 is 1.93 bits per heavy atom. The van der Waals surface area contributed by atoms with Crippen molar-refractivity contribution in [3.8, 4) is 33.8 Å². The second kappa shape index (κ2) is 15.1. The van der Waals surface area contributed by atoms with Gasteiger partial charge in [-0.3, -0.25) is 9.98 Å². The molecule has 2 heterocycles. The molecule has 1 aliphatic rings. The minimum Gasteiger partial charge on any atom is -0.453 e. The van der Waals surface area contributed by atoms with Crippen molar-refractivity contribution in [1.82, 2.24) is 4.57 Å². The minimum absolute atomic E-state index is 0.133. The van der Waals surface area contributed by atoms with Gasteiger partial charge in [0, 0.05) is 22.0 Å². The number of ether oxygens (including phenoxy) is 1. The number of rotatable bonds is 6. The van der Waals surface area contributed by atoms with E-state index in [4.69, 9.17) is 9.73 Å². The first-order valence-electron chi connectivity index (χ1n) is 20.5. The smallest absolute Gasteiger partial charge is 0.227 e. The fraction of sp³-hybridized carbons (Fsp3) is 0. The molecule has 0 radical (unpaired) electrons. The third-order valence-corrected chi connectivity index (χ3v) is 11.5. The molecule has 1 N–H and O–H groups in total. The maximum absolute atomic E-state index is 9.71. The number of allylic oxidation sites excluding steroid dienone is 1. The molecule has 5 nitrogen and oxygen atoms in total. The van der Waals surface area contributed by atoms with Gasteiger partial charge in [-0.1, -0.05) is 164 Å². The number of aromatic nitrogens is 1. The summed E-state index contributed by atoms with van der Waals surface area (Å²) in [4.78, 5) is 7.36. The van der Waals surface area contributed by atoms with Gasteiger partial charge < -0.3 is 9.64 Å². The number of aliphatic imine (C=N–C) groups is 1. The molecule has 0 bridgehead atoms. The highest BCUT2D eigenvalue weighted by Crippen LogP contribution is 2.51. The summed E-state index contributed by atoms with van der Waals surface area (Å²) in [5, 5.41) is 14.1. The van der Waals surface area contributed by atoms with Crippen LogP contribution in [0.4, 0.5) is 17.1 Å². The van der Waals surface area contributed by atoms with Crippen molar-refractivity contribution in [1.29, 1.82) is 5.41 Å². The Kier molecular flexibility index (Phi) is 8.90. The third-order valence-electron chi connectivity index (χ3n) is 11.5. The lowest BCUT2D eigenvalue weighted by atomic mass is 9.99. The van der Waals surface area contributed by atoms with Crippen molar-refractivity contribution >= 4 is 67.4 Å². The van der Waals surface area contributed by atoms with E-state index >= 15 is 0 Å². The van der Waals surface area contributed by atoms with Gasteiger partial charge >= 0.3 is 0 Å². The van der Waals surface area contributed by atoms with Crippen LogP contribution in [0.25, 0.3) is 60.9 Å². The highest BCUT2D eigenvalue weighted by molar-refractivity contribution is 6.25. The Hall–Kier alpha value is -8.28. The molecule has 10 aromatic rings. The molecule has 0 spiro atoms. The summed E-state index contributed by atoms with van der Waals surface area (Å²) in [5.74, 6) is 1.75. The summed E-state index contributed by atoms with van der Waals surface area (Å²) in [6.45, 7) is 0. The van der Waals surface area contributed by atoms with Crippen LogP contribution in [-0.4, -0.2) is 16.2 Å². The first-order chi connectivity index (χ1) is 30.2. The zero-order valence-electron chi connectivity index (χ0n) is 33.1. The van der Waals surface area contributed by atoms with Crippen molar-refractivity contribution < 1.29 is 4.74 Å². The fourth-order valence-corrected chi connectivity index (χ4v) is 8.55. The van der Waals surface area contributed by atoms with Crippen LogP contribution < -0.4 is 9.64 Å². The van der Waals surface area contributed by atoms with E-state index in [1.807, 2.05) is 71.3 Å². The van der Waals surface area contributed by atoms with Gasteiger partial charge in [0.15, 0.2) is 11.5 Å². The molecule has 288 valence electrons. The molecule has 1 aromatic heterocycles. The number of nitrogens with one attached hydrogen (secondary N) is 1. The number of benzene rings is 9. The van der Waals surface area contributed by atoms with Crippen LogP contribution in [0.5, 0.6) is 11.5 Å². The number of hydrogen-bond donors (Lipinski definition) is 1. The SMILES string of the molecule is N=C(/N=C(\C=C\c1ccc(-c2ccccc2)cc1)c1ccccc1)n1c2ccc(-c3ccc4c(c3)N(c3ccccc3)c3ccccc3O4)cc2c2c3ccccc3ccc21. The lowest BCUT2D eigenvalue weighted by molar-refractivity contribution is 0.477. The maximum atomic E-state index is 9.71. The summed E-state index contributed by atoms with van der Waals surface area (Å²) < 4.78 is 8.45. The maximum Gasteiger partial charge on any atom is 0.227 e. The van der Waals surface area contributed by atoms with Crippen LogP contribution in [-0.2, 0) is 0 Å². The number of hydrogen-bond acceptors (Lipinski definition) is 3. The average Bonchev–Trinajstić information content (AvgIpc) is 3.67. The first-order valence-corrected chi connectivity index (χ1v) is 20.5. The first kappa shape index (κ1) is 35.8. The summed E-state index contributed by atoms with van der Waals surface area (Å²) in [6, 6.07) is 73.4. The van der Waals surface area contributed by atoms with Crippen LogP contribution in [0.2, 0.25) is 0 Å². The molecule has 0 fully saturated rings. The molecule has 9 aromatic carbocycles. The molecular weight excluding hydrogens is 745 g/mol. The van der Waals surface area contributed by atoms with E-state index in [1.165, 1.54) is 11.1 Å². The quantitative estimate of drug-likeness (QED) is 0.135. The highest BCUT2D eigenvalue weighted by Gasteiger charge is 2.26. The van der Waals surface area contributed by atoms with Crippen LogP contribution in [0.15, 0.2) is 223 Å². The molecule has 0 saturated heterocycles. The van der Waals surface area contributed by atoms with Gasteiger partial charge in [0.2, 0.25) is 5.96 Å². The second-order valence-electron chi connectivity index (χ2n) is 15.2. The van der Waals surface area contributed by atoms with Gasteiger partial charge in [-0.15, -0.1) is 0 Å². The lowest BCUT2D eigenvalue weighted by Gasteiger charge is -2.33. The summed E-state index contributed by atoms with van der Waals surface area (Å²) >= 11 is 0. The van der Waals surface area contributed by atoms with E-state index in [2.05, 4.69) is 163 Å². The largest absolute Gasteiger partial charge is 0.453 e. The standard InChI is InChI=1S/C56H38N4O/c57-56(58-48(42-17-6-2-7-18-42)32-26-38-24-27-40(28-25-38)39-14-4-1-5-15-39)60-49-33-30-43(36-47(49)55-46-21-11-10-16-41(46)29-34-51(55)60)44-31-35-54-52(37-44)59(45-19-8-3-9-20-45)50-22-12-13-23-53(50)61-54/h1-37,57H/b32-26+,57-56?,58-48+. The zero-order chi connectivity index (χ0) is 40.7. The molecule has 0 unspecified atom stereocenters. The van der Waals surface area contributed by atoms with Gasteiger partial charge in [0.25, 0.3) is 0 Å². The number of fused-ring (bicyclic) bond motifs is 7. The number of para-hydroxylation sites is 3. The van der Waals surface area contributed by atoms with Crippen LogP contribution >= 0.6 is 0 Å². The van der Waals surface area contributed by atoms with E-state index in [-0.39, 0.29) is 5.96 Å². The van der Waals surface area contributed by atoms with E-state index in [9.17, 15) is 5.41 Å². The van der Waals surface area contributed by atoms with Gasteiger partial charge in [-0.25, -0.2) is 4.99 Å². The molecule has 0 atom stereocenters. The van der Waals surface area contributed by atoms with Crippen molar-refractivity contribution in [2.75, 3.05) is 4.90 Å². The van der Waals surface area contributed by atoms with Crippen LogP contribution in [0.3, 0.4) is 0 Å². The molecule has 61 heavy (non-hydrogen) atoms. The number of anilines is 3. The topological polar surface area (TPSA) is 53.6 Å². The zero-order valence-corrected chi connectivity index (χ0v) is 33.1. The Balaban J connectivity index is 1.03. The fourth-order valence-electron chi connectivity index (χ4n) is 8.55. The van der Waals surface area contributed by atoms with Crippen molar-refractivity contribution in [2.45, 2.75) is 0 Å². The predicted octanol–water partition coefficient (Wildman–Crippen LogP) is 14.8. The molecule has 0 aliphatic carbocycles. The molecule has 0 amide bonds. The normalized spacial score (nSPS) is 12.5. The Labute approximate surface area is 353 Å². The predicted molar refractivity (Wildman–Crippen MR) is 254 cm³/mol. The van der Waals surface area contributed by atoms with Gasteiger partial charge in [-0.05, 0) is 99.3 Å². The second-order valence-corrected chi connectivity index (χ2v) is 15.2. The average molecular weight is 783 g/mol. The van der Waals surface area contributed by atoms with Crippen molar-refractivity contribution in [2.24, 2.45) is 4.99 Å². The molecule has 5 heteroatoms. The Morgan fingerprint density at radius 2 is 1.11 bits per heavy atom. The van der Waals surface area contributed by atoms with Crippen molar-refractivity contribution in [3.05, 3.63) is 230 Å². The monoisotopic (exact) mass is 782 g/mol. The van der Waals surface area contributed by atoms with E-state index in [0.29, 0.717) is 5.71 Å².